The number of rotatable bonds is 3. The standard InChI is InChI=1S/C14H18BrN4O.BrH/c15-13-3-1-2-12(4-13)14(20)5-19-9-16-6-17(10-19)8-18(7-16)11-19;/h1-4H,5-11H2;1H/q+1;/p-1. The van der Waals surface area contributed by atoms with Crippen LogP contribution >= 0.6 is 15.9 Å². The van der Waals surface area contributed by atoms with Crippen LogP contribution in [0, 0.1) is 0 Å². The fraction of sp³-hybridized carbons (Fsp3) is 0.500. The number of nitrogens with zero attached hydrogens (tertiary/aromatic N) is 4. The lowest BCUT2D eigenvalue weighted by molar-refractivity contribution is -0.973. The molecular weight excluding hydrogens is 400 g/mol. The molecule has 0 radical (unpaired) electrons. The Morgan fingerprint density at radius 3 is 2.19 bits per heavy atom. The average molecular weight is 418 g/mol. The third kappa shape index (κ3) is 2.95. The molecule has 4 bridgehead atoms. The lowest BCUT2D eigenvalue weighted by Crippen LogP contribution is -3.00. The number of carbonyl (C=O) groups excluding carboxylic acids is 1. The molecule has 0 N–H and O–H groups in total. The first-order valence-electron chi connectivity index (χ1n) is 6.93. The molecule has 0 unspecified atom stereocenters. The monoisotopic (exact) mass is 416 g/mol. The van der Waals surface area contributed by atoms with Gasteiger partial charge in [-0.1, -0.05) is 28.1 Å². The van der Waals surface area contributed by atoms with Crippen molar-refractivity contribution in [1.82, 2.24) is 14.7 Å². The van der Waals surface area contributed by atoms with Crippen molar-refractivity contribution >= 4 is 21.7 Å². The van der Waals surface area contributed by atoms with Crippen molar-refractivity contribution in [3.8, 4) is 0 Å². The molecule has 4 saturated heterocycles. The van der Waals surface area contributed by atoms with Crippen LogP contribution in [0.1, 0.15) is 10.4 Å². The van der Waals surface area contributed by atoms with E-state index in [4.69, 9.17) is 0 Å². The highest BCUT2D eigenvalue weighted by Gasteiger charge is 2.49. The quantitative estimate of drug-likeness (QED) is 0.426. The van der Waals surface area contributed by atoms with Crippen molar-refractivity contribution in [2.24, 2.45) is 0 Å². The lowest BCUT2D eigenvalue weighted by Gasteiger charge is -2.60. The Morgan fingerprint density at radius 2 is 1.67 bits per heavy atom. The van der Waals surface area contributed by atoms with Crippen LogP contribution in [0.3, 0.4) is 0 Å². The molecule has 0 aliphatic carbocycles. The van der Waals surface area contributed by atoms with Gasteiger partial charge in [0.05, 0.1) is 20.0 Å². The first-order valence-corrected chi connectivity index (χ1v) is 7.72. The fourth-order valence-corrected chi connectivity index (χ4v) is 4.27. The lowest BCUT2D eigenvalue weighted by atomic mass is 10.1. The van der Waals surface area contributed by atoms with E-state index >= 15 is 0 Å². The maximum absolute atomic E-state index is 12.6. The minimum absolute atomic E-state index is 0. The van der Waals surface area contributed by atoms with Crippen LogP contribution in [0.25, 0.3) is 0 Å². The van der Waals surface area contributed by atoms with Crippen LogP contribution in [0.5, 0.6) is 0 Å². The zero-order valence-corrected chi connectivity index (χ0v) is 14.9. The fourth-order valence-electron chi connectivity index (χ4n) is 3.87. The molecule has 114 valence electrons. The van der Waals surface area contributed by atoms with Crippen LogP contribution in [-0.2, 0) is 0 Å². The van der Waals surface area contributed by atoms with E-state index in [1.54, 1.807) is 0 Å². The first kappa shape index (κ1) is 15.6. The van der Waals surface area contributed by atoms with Gasteiger partial charge in [0.15, 0.2) is 0 Å². The van der Waals surface area contributed by atoms with E-state index < -0.39 is 0 Å². The summed E-state index contributed by atoms with van der Waals surface area (Å²) in [5.74, 6) is 0.247. The summed E-state index contributed by atoms with van der Waals surface area (Å²) >= 11 is 3.44. The molecule has 0 spiro atoms. The summed E-state index contributed by atoms with van der Waals surface area (Å²) in [6.07, 6.45) is 0. The zero-order valence-electron chi connectivity index (χ0n) is 11.7. The predicted molar refractivity (Wildman–Crippen MR) is 78.3 cm³/mol. The summed E-state index contributed by atoms with van der Waals surface area (Å²) in [6.45, 7) is 6.79. The topological polar surface area (TPSA) is 26.8 Å². The van der Waals surface area contributed by atoms with Gasteiger partial charge in [-0.15, -0.1) is 0 Å². The minimum atomic E-state index is 0. The third-order valence-corrected chi connectivity index (χ3v) is 4.82. The summed E-state index contributed by atoms with van der Waals surface area (Å²) in [5.41, 5.74) is 0.813. The molecule has 5 rings (SSSR count). The normalized spacial score (nSPS) is 36.3. The molecule has 7 heteroatoms. The predicted octanol–water partition coefficient (Wildman–Crippen LogP) is -1.86. The van der Waals surface area contributed by atoms with Gasteiger partial charge in [-0.25, -0.2) is 14.7 Å². The van der Waals surface area contributed by atoms with Gasteiger partial charge in [-0.05, 0) is 12.1 Å². The summed E-state index contributed by atoms with van der Waals surface area (Å²) in [7, 11) is 0. The van der Waals surface area contributed by atoms with Gasteiger partial charge >= 0.3 is 0 Å². The molecule has 4 heterocycles. The Labute approximate surface area is 143 Å². The molecule has 4 aliphatic heterocycles. The maximum atomic E-state index is 12.6. The third-order valence-electron chi connectivity index (χ3n) is 4.33. The second-order valence-corrected chi connectivity index (χ2v) is 7.21. The molecular formula is C14H18Br2N4O. The summed E-state index contributed by atoms with van der Waals surface area (Å²) < 4.78 is 1.84. The van der Waals surface area contributed by atoms with Crippen molar-refractivity contribution in [2.45, 2.75) is 0 Å². The zero-order chi connectivity index (χ0) is 13.7. The van der Waals surface area contributed by atoms with Gasteiger partial charge in [-0.2, -0.15) is 0 Å². The average Bonchev–Trinajstić information content (AvgIpc) is 2.36. The maximum Gasteiger partial charge on any atom is 0.217 e. The van der Waals surface area contributed by atoms with E-state index in [9.17, 15) is 4.79 Å². The number of carbonyl (C=O) groups is 1. The van der Waals surface area contributed by atoms with Crippen LogP contribution in [0.15, 0.2) is 28.7 Å². The highest BCUT2D eigenvalue weighted by atomic mass is 79.9. The van der Waals surface area contributed by atoms with Crippen molar-refractivity contribution in [3.63, 3.8) is 0 Å². The molecule has 0 saturated carbocycles. The number of hydrogen-bond donors (Lipinski definition) is 0. The van der Waals surface area contributed by atoms with Crippen LogP contribution in [0.4, 0.5) is 0 Å². The number of benzene rings is 1. The molecule has 4 aliphatic rings. The molecule has 0 aromatic heterocycles. The van der Waals surface area contributed by atoms with E-state index in [0.717, 1.165) is 54.5 Å². The van der Waals surface area contributed by atoms with E-state index in [1.807, 2.05) is 24.3 Å². The van der Waals surface area contributed by atoms with Gasteiger partial charge in [-0.3, -0.25) is 9.28 Å². The second kappa shape index (κ2) is 5.72. The Hall–Kier alpha value is -0.310. The van der Waals surface area contributed by atoms with E-state index in [1.165, 1.54) is 0 Å². The van der Waals surface area contributed by atoms with E-state index in [-0.39, 0.29) is 22.8 Å². The van der Waals surface area contributed by atoms with Gasteiger partial charge in [0.1, 0.15) is 26.6 Å². The van der Waals surface area contributed by atoms with Crippen molar-refractivity contribution in [2.75, 3.05) is 46.6 Å². The smallest absolute Gasteiger partial charge is 0.217 e. The number of Topliss-reactive ketones (excluding diaryl/α,β-unsaturated/α-hetero) is 1. The molecule has 0 atom stereocenters. The largest absolute Gasteiger partial charge is 1.00 e. The molecule has 0 amide bonds. The van der Waals surface area contributed by atoms with Crippen molar-refractivity contribution < 1.29 is 26.3 Å². The second-order valence-electron chi connectivity index (χ2n) is 6.29. The Balaban J connectivity index is 0.00000132. The molecule has 5 nitrogen and oxygen atoms in total. The molecule has 1 aromatic carbocycles. The number of halogens is 2. The summed E-state index contributed by atoms with van der Waals surface area (Å²) in [6, 6.07) is 7.73. The summed E-state index contributed by atoms with van der Waals surface area (Å²) in [4.78, 5) is 19.9. The number of hydrogen-bond acceptors (Lipinski definition) is 4. The van der Waals surface area contributed by atoms with Gasteiger partial charge in [0.2, 0.25) is 5.78 Å². The summed E-state index contributed by atoms with van der Waals surface area (Å²) in [5, 5.41) is 0. The Morgan fingerprint density at radius 1 is 1.10 bits per heavy atom. The molecule has 1 aromatic rings. The Bertz CT molecular complexity index is 530. The number of quaternary nitrogens is 1. The minimum Gasteiger partial charge on any atom is -1.00 e. The van der Waals surface area contributed by atoms with Crippen LogP contribution in [0.2, 0.25) is 0 Å². The first-order chi connectivity index (χ1) is 9.62. The van der Waals surface area contributed by atoms with Crippen molar-refractivity contribution in [3.05, 3.63) is 34.3 Å². The SMILES string of the molecule is O=C(C[N+]12CN3CN(CN(C3)C1)C2)c1cccc(Br)c1.[Br-]. The van der Waals surface area contributed by atoms with Gasteiger partial charge < -0.3 is 17.0 Å². The van der Waals surface area contributed by atoms with Gasteiger partial charge in [0.25, 0.3) is 0 Å². The van der Waals surface area contributed by atoms with E-state index in [0.29, 0.717) is 6.54 Å². The van der Waals surface area contributed by atoms with E-state index in [2.05, 4.69) is 30.6 Å². The molecule has 21 heavy (non-hydrogen) atoms. The van der Waals surface area contributed by atoms with Crippen molar-refractivity contribution in [1.29, 1.82) is 0 Å². The van der Waals surface area contributed by atoms with Crippen LogP contribution in [-0.4, -0.2) is 71.5 Å². The van der Waals surface area contributed by atoms with Gasteiger partial charge in [0, 0.05) is 10.0 Å². The Kier molecular flexibility index (Phi) is 4.24. The highest BCUT2D eigenvalue weighted by molar-refractivity contribution is 9.10. The van der Waals surface area contributed by atoms with Crippen LogP contribution < -0.4 is 17.0 Å². The molecule has 4 fully saturated rings. The highest BCUT2D eigenvalue weighted by Crippen LogP contribution is 2.29. The number of ketones is 1.